The van der Waals surface area contributed by atoms with Crippen LogP contribution in [0.25, 0.3) is 0 Å². The molecule has 2 rings (SSSR count). The second-order valence-corrected chi connectivity index (χ2v) is 8.39. The Bertz CT molecular complexity index is 831. The molecule has 8 heteroatoms. The molecular weight excluding hydrogens is 501 g/mol. The first kappa shape index (κ1) is 25.2. The van der Waals surface area contributed by atoms with Gasteiger partial charge < -0.3 is 15.4 Å². The molecule has 0 aliphatic carbocycles. The van der Waals surface area contributed by atoms with Crippen LogP contribution in [-0.2, 0) is 9.84 Å². The van der Waals surface area contributed by atoms with Crippen LogP contribution >= 0.6 is 24.0 Å². The third kappa shape index (κ3) is 9.03. The SMILES string of the molecule is CCC(CS(=O)(=O)c1ccccc1)NC(=NC)NCCCOc1ccccc1.I. The van der Waals surface area contributed by atoms with E-state index < -0.39 is 9.84 Å². The molecule has 0 aliphatic heterocycles. The summed E-state index contributed by atoms with van der Waals surface area (Å²) in [6.45, 7) is 3.22. The molecule has 160 valence electrons. The molecule has 1 atom stereocenters. The van der Waals surface area contributed by atoms with Crippen molar-refractivity contribution in [2.75, 3.05) is 26.0 Å². The van der Waals surface area contributed by atoms with Gasteiger partial charge in [0.15, 0.2) is 15.8 Å². The van der Waals surface area contributed by atoms with Crippen LogP contribution in [0.15, 0.2) is 70.6 Å². The van der Waals surface area contributed by atoms with Crippen molar-refractivity contribution in [3.8, 4) is 5.75 Å². The minimum absolute atomic E-state index is 0. The van der Waals surface area contributed by atoms with E-state index in [9.17, 15) is 8.42 Å². The molecule has 2 aromatic carbocycles. The number of benzene rings is 2. The Morgan fingerprint density at radius 3 is 2.28 bits per heavy atom. The van der Waals surface area contributed by atoms with Gasteiger partial charge in [0.05, 0.1) is 17.3 Å². The molecule has 0 fully saturated rings. The summed E-state index contributed by atoms with van der Waals surface area (Å²) in [5, 5.41) is 6.42. The number of hydrogen-bond donors (Lipinski definition) is 2. The fourth-order valence-electron chi connectivity index (χ4n) is 2.62. The first-order valence-corrected chi connectivity index (χ1v) is 11.1. The Morgan fingerprint density at radius 2 is 1.69 bits per heavy atom. The van der Waals surface area contributed by atoms with Crippen LogP contribution < -0.4 is 15.4 Å². The highest BCUT2D eigenvalue weighted by Gasteiger charge is 2.20. The van der Waals surface area contributed by atoms with Crippen molar-refractivity contribution in [3.05, 3.63) is 60.7 Å². The second kappa shape index (κ2) is 13.4. The molecule has 6 nitrogen and oxygen atoms in total. The average molecular weight is 531 g/mol. The molecule has 0 spiro atoms. The lowest BCUT2D eigenvalue weighted by atomic mass is 10.2. The number of halogens is 1. The number of aliphatic imine (C=N–C) groups is 1. The van der Waals surface area contributed by atoms with Crippen molar-refractivity contribution in [2.24, 2.45) is 4.99 Å². The predicted octanol–water partition coefficient (Wildman–Crippen LogP) is 3.49. The van der Waals surface area contributed by atoms with Gasteiger partial charge in [0.2, 0.25) is 0 Å². The van der Waals surface area contributed by atoms with E-state index >= 15 is 0 Å². The highest BCUT2D eigenvalue weighted by Crippen LogP contribution is 2.12. The van der Waals surface area contributed by atoms with E-state index in [4.69, 9.17) is 4.74 Å². The van der Waals surface area contributed by atoms with Crippen molar-refractivity contribution >= 4 is 39.8 Å². The Labute approximate surface area is 191 Å². The summed E-state index contributed by atoms with van der Waals surface area (Å²) in [7, 11) is -1.68. The van der Waals surface area contributed by atoms with E-state index in [1.807, 2.05) is 43.3 Å². The Balaban J connectivity index is 0.00000420. The number of sulfone groups is 1. The first-order valence-electron chi connectivity index (χ1n) is 9.48. The van der Waals surface area contributed by atoms with Crippen LogP contribution in [0.3, 0.4) is 0 Å². The summed E-state index contributed by atoms with van der Waals surface area (Å²) in [5.74, 6) is 1.46. The largest absolute Gasteiger partial charge is 0.494 e. The second-order valence-electron chi connectivity index (χ2n) is 6.36. The molecular formula is C21H30IN3O3S. The van der Waals surface area contributed by atoms with Crippen molar-refractivity contribution in [2.45, 2.75) is 30.7 Å². The third-order valence-corrected chi connectivity index (χ3v) is 6.04. The van der Waals surface area contributed by atoms with Gasteiger partial charge in [0, 0.05) is 19.6 Å². The van der Waals surface area contributed by atoms with E-state index in [-0.39, 0.29) is 35.8 Å². The van der Waals surface area contributed by atoms with E-state index in [1.165, 1.54) is 0 Å². The monoisotopic (exact) mass is 531 g/mol. The maximum absolute atomic E-state index is 12.6. The normalized spacial score (nSPS) is 12.6. The summed E-state index contributed by atoms with van der Waals surface area (Å²) in [5.41, 5.74) is 0. The molecule has 2 N–H and O–H groups in total. The van der Waals surface area contributed by atoms with Gasteiger partial charge in [-0.2, -0.15) is 0 Å². The van der Waals surface area contributed by atoms with Gasteiger partial charge in [0.1, 0.15) is 5.75 Å². The topological polar surface area (TPSA) is 79.8 Å². The molecule has 0 heterocycles. The lowest BCUT2D eigenvalue weighted by Crippen LogP contribution is -2.46. The van der Waals surface area contributed by atoms with Gasteiger partial charge in [-0.15, -0.1) is 24.0 Å². The zero-order valence-electron chi connectivity index (χ0n) is 16.9. The zero-order valence-corrected chi connectivity index (χ0v) is 20.0. The number of hydrogen-bond acceptors (Lipinski definition) is 4. The minimum Gasteiger partial charge on any atom is -0.494 e. The van der Waals surface area contributed by atoms with Gasteiger partial charge in [-0.05, 0) is 37.1 Å². The Hall–Kier alpha value is -1.81. The smallest absolute Gasteiger partial charge is 0.191 e. The van der Waals surface area contributed by atoms with Crippen LogP contribution in [0.2, 0.25) is 0 Å². The van der Waals surface area contributed by atoms with Crippen LogP contribution in [0.5, 0.6) is 5.75 Å². The van der Waals surface area contributed by atoms with Crippen molar-refractivity contribution < 1.29 is 13.2 Å². The number of nitrogens with zero attached hydrogens (tertiary/aromatic N) is 1. The molecule has 0 aliphatic rings. The van der Waals surface area contributed by atoms with Crippen LogP contribution in [-0.4, -0.2) is 46.4 Å². The summed E-state index contributed by atoms with van der Waals surface area (Å²) < 4.78 is 30.8. The number of ether oxygens (including phenoxy) is 1. The lowest BCUT2D eigenvalue weighted by molar-refractivity contribution is 0.311. The number of para-hydroxylation sites is 1. The number of guanidine groups is 1. The number of nitrogens with one attached hydrogen (secondary N) is 2. The van der Waals surface area contributed by atoms with Gasteiger partial charge in [-0.3, -0.25) is 4.99 Å². The van der Waals surface area contributed by atoms with Crippen molar-refractivity contribution in [1.29, 1.82) is 0 Å². The highest BCUT2D eigenvalue weighted by molar-refractivity contribution is 14.0. The fraction of sp³-hybridized carbons (Fsp3) is 0.381. The maximum Gasteiger partial charge on any atom is 0.191 e. The summed E-state index contributed by atoms with van der Waals surface area (Å²) in [6, 6.07) is 18.0. The quantitative estimate of drug-likeness (QED) is 0.213. The highest BCUT2D eigenvalue weighted by atomic mass is 127. The summed E-state index contributed by atoms with van der Waals surface area (Å²) in [4.78, 5) is 4.54. The van der Waals surface area contributed by atoms with Crippen LogP contribution in [0.1, 0.15) is 19.8 Å². The maximum atomic E-state index is 12.6. The van der Waals surface area contributed by atoms with E-state index in [0.29, 0.717) is 30.4 Å². The average Bonchev–Trinajstić information content (AvgIpc) is 2.73. The summed E-state index contributed by atoms with van der Waals surface area (Å²) >= 11 is 0. The molecule has 0 bridgehead atoms. The molecule has 2 aromatic rings. The van der Waals surface area contributed by atoms with Gasteiger partial charge >= 0.3 is 0 Å². The standard InChI is InChI=1S/C21H29N3O3S.HI/c1-3-18(17-28(25,26)20-13-8-5-9-14-20)24-21(22-2)23-15-10-16-27-19-11-6-4-7-12-19;/h4-9,11-14,18H,3,10,15-17H2,1-2H3,(H2,22,23,24);1H. The molecule has 0 radical (unpaired) electrons. The molecule has 0 aromatic heterocycles. The fourth-order valence-corrected chi connectivity index (χ4v) is 4.24. The predicted molar refractivity (Wildman–Crippen MR) is 129 cm³/mol. The zero-order chi connectivity index (χ0) is 20.2. The Morgan fingerprint density at radius 1 is 1.07 bits per heavy atom. The van der Waals surface area contributed by atoms with E-state index in [0.717, 1.165) is 12.2 Å². The van der Waals surface area contributed by atoms with Crippen molar-refractivity contribution in [3.63, 3.8) is 0 Å². The third-order valence-electron chi connectivity index (χ3n) is 4.21. The van der Waals surface area contributed by atoms with Crippen LogP contribution in [0, 0.1) is 0 Å². The summed E-state index contributed by atoms with van der Waals surface area (Å²) in [6.07, 6.45) is 1.47. The van der Waals surface area contributed by atoms with Gasteiger partial charge in [0.25, 0.3) is 0 Å². The van der Waals surface area contributed by atoms with Gasteiger partial charge in [-0.25, -0.2) is 8.42 Å². The first-order chi connectivity index (χ1) is 13.5. The van der Waals surface area contributed by atoms with Crippen LogP contribution in [0.4, 0.5) is 0 Å². The molecule has 1 unspecified atom stereocenters. The molecule has 0 saturated carbocycles. The molecule has 0 amide bonds. The minimum atomic E-state index is -3.35. The van der Waals surface area contributed by atoms with E-state index in [2.05, 4.69) is 15.6 Å². The van der Waals surface area contributed by atoms with E-state index in [1.54, 1.807) is 31.3 Å². The lowest BCUT2D eigenvalue weighted by Gasteiger charge is -2.20. The van der Waals surface area contributed by atoms with Crippen molar-refractivity contribution in [1.82, 2.24) is 10.6 Å². The molecule has 0 saturated heterocycles. The number of rotatable bonds is 10. The Kier molecular flexibility index (Phi) is 11.7. The van der Waals surface area contributed by atoms with Gasteiger partial charge in [-0.1, -0.05) is 43.3 Å². The molecule has 29 heavy (non-hydrogen) atoms.